The van der Waals surface area contributed by atoms with Crippen molar-refractivity contribution in [3.05, 3.63) is 35.7 Å². The number of piperazine rings is 1. The molecule has 0 saturated carbocycles. The van der Waals surface area contributed by atoms with Crippen LogP contribution in [0.3, 0.4) is 0 Å². The largest absolute Gasteiger partial charge is 0.336 e. The van der Waals surface area contributed by atoms with Gasteiger partial charge in [0.1, 0.15) is 17.6 Å². The molecular formula is C15H22N6O. The van der Waals surface area contributed by atoms with E-state index >= 15 is 0 Å². The molecule has 2 aromatic heterocycles. The van der Waals surface area contributed by atoms with Gasteiger partial charge in [0.05, 0.1) is 0 Å². The van der Waals surface area contributed by atoms with E-state index in [2.05, 4.69) is 34.3 Å². The summed E-state index contributed by atoms with van der Waals surface area (Å²) in [6, 6.07) is 1.78. The van der Waals surface area contributed by atoms with E-state index in [4.69, 9.17) is 0 Å². The lowest BCUT2D eigenvalue weighted by atomic mass is 10.1. The molecule has 1 unspecified atom stereocenters. The van der Waals surface area contributed by atoms with Crippen molar-refractivity contribution < 1.29 is 4.79 Å². The van der Waals surface area contributed by atoms with E-state index in [0.29, 0.717) is 24.7 Å². The van der Waals surface area contributed by atoms with Crippen LogP contribution in [0.5, 0.6) is 0 Å². The maximum Gasteiger partial charge on any atom is 0.275 e. The normalized spacial score (nSPS) is 18.9. The fraction of sp³-hybridized carbons (Fsp3) is 0.533. The van der Waals surface area contributed by atoms with E-state index in [1.54, 1.807) is 6.20 Å². The van der Waals surface area contributed by atoms with E-state index in [0.717, 1.165) is 18.1 Å². The number of imidazole rings is 1. The maximum atomic E-state index is 12.8. The van der Waals surface area contributed by atoms with Crippen molar-refractivity contribution in [1.82, 2.24) is 30.0 Å². The Hall–Kier alpha value is -2.15. The van der Waals surface area contributed by atoms with Crippen molar-refractivity contribution in [2.75, 3.05) is 19.6 Å². The smallest absolute Gasteiger partial charge is 0.275 e. The second-order valence-corrected chi connectivity index (χ2v) is 5.98. The number of nitrogens with zero attached hydrogens (tertiary/aromatic N) is 4. The molecule has 1 aliphatic heterocycles. The Morgan fingerprint density at radius 1 is 1.45 bits per heavy atom. The second kappa shape index (κ2) is 5.92. The van der Waals surface area contributed by atoms with Crippen molar-refractivity contribution in [2.24, 2.45) is 7.05 Å². The van der Waals surface area contributed by atoms with Crippen LogP contribution in [0.15, 0.2) is 18.5 Å². The van der Waals surface area contributed by atoms with E-state index in [1.165, 1.54) is 0 Å². The molecule has 0 aliphatic carbocycles. The van der Waals surface area contributed by atoms with Crippen LogP contribution < -0.4 is 5.32 Å². The third-order valence-corrected chi connectivity index (χ3v) is 4.10. The minimum atomic E-state index is -0.0690. The summed E-state index contributed by atoms with van der Waals surface area (Å²) >= 11 is 0. The highest BCUT2D eigenvalue weighted by atomic mass is 16.2. The van der Waals surface area contributed by atoms with Gasteiger partial charge in [-0.25, -0.2) is 4.98 Å². The molecule has 1 aliphatic rings. The van der Waals surface area contributed by atoms with Gasteiger partial charge in [0.25, 0.3) is 5.91 Å². The predicted octanol–water partition coefficient (Wildman–Crippen LogP) is 1.05. The lowest BCUT2D eigenvalue weighted by Gasteiger charge is -2.35. The van der Waals surface area contributed by atoms with Crippen molar-refractivity contribution in [3.8, 4) is 0 Å². The lowest BCUT2D eigenvalue weighted by molar-refractivity contribution is 0.0614. The van der Waals surface area contributed by atoms with Crippen LogP contribution in [0.2, 0.25) is 0 Å². The molecular weight excluding hydrogens is 280 g/mol. The zero-order chi connectivity index (χ0) is 15.7. The molecule has 1 atom stereocenters. The Balaban J connectivity index is 1.86. The molecule has 3 heterocycles. The van der Waals surface area contributed by atoms with Crippen LogP contribution in [0, 0.1) is 0 Å². The number of aryl methyl sites for hydroxylation is 1. The molecule has 1 saturated heterocycles. The number of carbonyl (C=O) groups is 1. The number of rotatable bonds is 3. The first-order valence-electron chi connectivity index (χ1n) is 7.62. The number of aromatic amines is 1. The Labute approximate surface area is 129 Å². The highest BCUT2D eigenvalue weighted by Gasteiger charge is 2.32. The van der Waals surface area contributed by atoms with Gasteiger partial charge in [0.15, 0.2) is 0 Å². The molecule has 1 amide bonds. The SMILES string of the molecule is CC(C)c1cc(C(=O)N2CCNCC2c2nccn2C)n[nH]1. The summed E-state index contributed by atoms with van der Waals surface area (Å²) in [7, 11) is 1.95. The van der Waals surface area contributed by atoms with E-state index in [1.807, 2.05) is 28.8 Å². The lowest BCUT2D eigenvalue weighted by Crippen LogP contribution is -2.49. The average Bonchev–Trinajstić information content (AvgIpc) is 3.15. The summed E-state index contributed by atoms with van der Waals surface area (Å²) in [5.74, 6) is 1.17. The van der Waals surface area contributed by atoms with Gasteiger partial charge in [-0.2, -0.15) is 5.10 Å². The van der Waals surface area contributed by atoms with Crippen molar-refractivity contribution in [3.63, 3.8) is 0 Å². The fourth-order valence-corrected chi connectivity index (χ4v) is 2.77. The molecule has 7 heteroatoms. The van der Waals surface area contributed by atoms with Gasteiger partial charge < -0.3 is 14.8 Å². The summed E-state index contributed by atoms with van der Waals surface area (Å²) in [6.45, 7) is 6.29. The van der Waals surface area contributed by atoms with Gasteiger partial charge in [-0.05, 0) is 12.0 Å². The first-order chi connectivity index (χ1) is 10.6. The predicted molar refractivity (Wildman–Crippen MR) is 82.5 cm³/mol. The van der Waals surface area contributed by atoms with Gasteiger partial charge in [-0.3, -0.25) is 9.89 Å². The Bertz CT molecular complexity index is 659. The average molecular weight is 302 g/mol. The van der Waals surface area contributed by atoms with Gasteiger partial charge in [-0.15, -0.1) is 0 Å². The van der Waals surface area contributed by atoms with Crippen LogP contribution in [0.4, 0.5) is 0 Å². The van der Waals surface area contributed by atoms with E-state index in [-0.39, 0.29) is 11.9 Å². The third kappa shape index (κ3) is 2.64. The molecule has 0 bridgehead atoms. The maximum absolute atomic E-state index is 12.8. The molecule has 0 spiro atoms. The fourth-order valence-electron chi connectivity index (χ4n) is 2.77. The number of H-pyrrole nitrogens is 1. The van der Waals surface area contributed by atoms with Gasteiger partial charge >= 0.3 is 0 Å². The monoisotopic (exact) mass is 302 g/mol. The number of aromatic nitrogens is 4. The summed E-state index contributed by atoms with van der Waals surface area (Å²) in [5, 5.41) is 10.5. The zero-order valence-electron chi connectivity index (χ0n) is 13.2. The van der Waals surface area contributed by atoms with Crippen LogP contribution in [-0.2, 0) is 7.05 Å². The number of nitrogens with one attached hydrogen (secondary N) is 2. The van der Waals surface area contributed by atoms with Crippen LogP contribution in [-0.4, -0.2) is 50.2 Å². The number of amides is 1. The first-order valence-corrected chi connectivity index (χ1v) is 7.62. The van der Waals surface area contributed by atoms with E-state index < -0.39 is 0 Å². The number of carbonyl (C=O) groups excluding carboxylic acids is 1. The standard InChI is InChI=1S/C15H22N6O/c1-10(2)11-8-12(19-18-11)15(22)21-7-4-16-9-13(21)14-17-5-6-20(14)3/h5-6,8,10,13,16H,4,7,9H2,1-3H3,(H,18,19). The molecule has 2 aromatic rings. The van der Waals surface area contributed by atoms with Crippen LogP contribution in [0.25, 0.3) is 0 Å². The molecule has 3 rings (SSSR count). The van der Waals surface area contributed by atoms with Gasteiger partial charge in [0.2, 0.25) is 0 Å². The molecule has 2 N–H and O–H groups in total. The van der Waals surface area contributed by atoms with Gasteiger partial charge in [-0.1, -0.05) is 13.8 Å². The van der Waals surface area contributed by atoms with Crippen LogP contribution >= 0.6 is 0 Å². The minimum absolute atomic E-state index is 0.0438. The molecule has 1 fully saturated rings. The highest BCUT2D eigenvalue weighted by Crippen LogP contribution is 2.23. The second-order valence-electron chi connectivity index (χ2n) is 5.98. The number of hydrogen-bond donors (Lipinski definition) is 2. The topological polar surface area (TPSA) is 78.8 Å². The van der Waals surface area contributed by atoms with Crippen LogP contribution in [0.1, 0.15) is 47.8 Å². The van der Waals surface area contributed by atoms with Crippen molar-refractivity contribution >= 4 is 5.91 Å². The summed E-state index contributed by atoms with van der Waals surface area (Å²) in [4.78, 5) is 19.1. The molecule has 118 valence electrons. The summed E-state index contributed by atoms with van der Waals surface area (Å²) < 4.78 is 1.96. The first kappa shape index (κ1) is 14.8. The van der Waals surface area contributed by atoms with Gasteiger partial charge in [0, 0.05) is 44.8 Å². The van der Waals surface area contributed by atoms with E-state index in [9.17, 15) is 4.79 Å². The summed E-state index contributed by atoms with van der Waals surface area (Å²) in [5.41, 5.74) is 1.46. The van der Waals surface area contributed by atoms with Crippen molar-refractivity contribution in [2.45, 2.75) is 25.8 Å². The molecule has 0 aromatic carbocycles. The Morgan fingerprint density at radius 3 is 2.91 bits per heavy atom. The summed E-state index contributed by atoms with van der Waals surface area (Å²) in [6.07, 6.45) is 3.66. The molecule has 7 nitrogen and oxygen atoms in total. The Morgan fingerprint density at radius 2 is 2.27 bits per heavy atom. The zero-order valence-corrected chi connectivity index (χ0v) is 13.2. The third-order valence-electron chi connectivity index (χ3n) is 4.10. The Kier molecular flexibility index (Phi) is 3.98. The minimum Gasteiger partial charge on any atom is -0.336 e. The highest BCUT2D eigenvalue weighted by molar-refractivity contribution is 5.92. The molecule has 22 heavy (non-hydrogen) atoms. The van der Waals surface area contributed by atoms with Crippen molar-refractivity contribution in [1.29, 1.82) is 0 Å². The quantitative estimate of drug-likeness (QED) is 0.888. The molecule has 0 radical (unpaired) electrons. The number of hydrogen-bond acceptors (Lipinski definition) is 4.